The van der Waals surface area contributed by atoms with Gasteiger partial charge in [0.25, 0.3) is 0 Å². The Bertz CT molecular complexity index is 2790. The van der Waals surface area contributed by atoms with E-state index in [-0.39, 0.29) is 0 Å². The van der Waals surface area contributed by atoms with Gasteiger partial charge in [-0.1, -0.05) is 158 Å². The largest absolute Gasteiger partial charge is 0.264 e. The van der Waals surface area contributed by atoms with E-state index in [1.807, 2.05) is 24.5 Å². The molecular weight excluding hydrogens is 705 g/mol. The lowest BCUT2D eigenvalue weighted by molar-refractivity contribution is 1.29. The van der Waals surface area contributed by atoms with Gasteiger partial charge in [-0.3, -0.25) is 9.97 Å². The fourth-order valence-corrected chi connectivity index (χ4v) is 7.68. The third kappa shape index (κ3) is 6.95. The van der Waals surface area contributed by atoms with Gasteiger partial charge in [-0.25, -0.2) is 9.97 Å². The van der Waals surface area contributed by atoms with Gasteiger partial charge in [0, 0.05) is 35.9 Å². The molecule has 0 aliphatic heterocycles. The maximum atomic E-state index is 5.49. The van der Waals surface area contributed by atoms with E-state index in [2.05, 4.69) is 192 Å². The van der Waals surface area contributed by atoms with Crippen LogP contribution in [0, 0.1) is 0 Å². The van der Waals surface area contributed by atoms with Crippen LogP contribution in [0.5, 0.6) is 0 Å². The molecule has 0 atom stereocenters. The summed E-state index contributed by atoms with van der Waals surface area (Å²) in [6.45, 7) is 0. The molecule has 0 radical (unpaired) electrons. The zero-order chi connectivity index (χ0) is 38.7. The van der Waals surface area contributed by atoms with Crippen LogP contribution >= 0.6 is 0 Å². The lowest BCUT2D eigenvalue weighted by atomic mass is 9.90. The standard InChI is InChI=1S/C54H36N4/c1-3-11-37(12-4-1)43-15-7-17-45(31-43)49-33-51-52(34-50(49)46-18-8-16-44(32-46)38-13-5-2-6-14-38)58-54(42-27-23-40(24-28-42)48-20-10-30-56-36-48)53(57-51)41-25-21-39(22-26-41)47-19-9-29-55-35-47/h1-36H. The van der Waals surface area contributed by atoms with Gasteiger partial charge in [-0.05, 0) is 103 Å². The van der Waals surface area contributed by atoms with Crippen LogP contribution in [-0.4, -0.2) is 19.9 Å². The van der Waals surface area contributed by atoms with E-state index in [0.717, 1.165) is 89.2 Å². The van der Waals surface area contributed by atoms with E-state index < -0.39 is 0 Å². The fourth-order valence-electron chi connectivity index (χ4n) is 7.68. The first-order valence-corrected chi connectivity index (χ1v) is 19.4. The zero-order valence-electron chi connectivity index (χ0n) is 31.6. The van der Waals surface area contributed by atoms with E-state index >= 15 is 0 Å². The van der Waals surface area contributed by atoms with Crippen molar-refractivity contribution in [3.63, 3.8) is 0 Å². The van der Waals surface area contributed by atoms with E-state index in [9.17, 15) is 0 Å². The first kappa shape index (κ1) is 34.7. The van der Waals surface area contributed by atoms with Gasteiger partial charge in [-0.2, -0.15) is 0 Å². The summed E-state index contributed by atoms with van der Waals surface area (Å²) in [4.78, 5) is 19.6. The van der Waals surface area contributed by atoms with Gasteiger partial charge in [0.1, 0.15) is 0 Å². The monoisotopic (exact) mass is 740 g/mol. The predicted octanol–water partition coefficient (Wildman–Crippen LogP) is 13.8. The molecule has 0 saturated heterocycles. The van der Waals surface area contributed by atoms with Gasteiger partial charge in [0.15, 0.2) is 0 Å². The summed E-state index contributed by atoms with van der Waals surface area (Å²) in [6.07, 6.45) is 7.38. The average molecular weight is 741 g/mol. The van der Waals surface area contributed by atoms with Crippen molar-refractivity contribution >= 4 is 11.0 Å². The molecule has 3 heterocycles. The van der Waals surface area contributed by atoms with Crippen LogP contribution in [0.25, 0.3) is 100 Å². The highest BCUT2D eigenvalue weighted by molar-refractivity contribution is 5.97. The lowest BCUT2D eigenvalue weighted by Crippen LogP contribution is -1.98. The number of hydrogen-bond acceptors (Lipinski definition) is 4. The maximum Gasteiger partial charge on any atom is 0.0973 e. The summed E-state index contributed by atoms with van der Waals surface area (Å²) >= 11 is 0. The first-order chi connectivity index (χ1) is 28.7. The summed E-state index contributed by atoms with van der Waals surface area (Å²) in [5.41, 5.74) is 18.7. The van der Waals surface area contributed by atoms with Crippen molar-refractivity contribution < 1.29 is 0 Å². The predicted molar refractivity (Wildman–Crippen MR) is 239 cm³/mol. The molecule has 0 aliphatic rings. The van der Waals surface area contributed by atoms with Gasteiger partial charge in [-0.15, -0.1) is 0 Å². The second kappa shape index (κ2) is 15.4. The molecule has 0 saturated carbocycles. The van der Waals surface area contributed by atoms with Gasteiger partial charge in [0.2, 0.25) is 0 Å². The molecule has 0 spiro atoms. The van der Waals surface area contributed by atoms with Crippen LogP contribution in [0.15, 0.2) is 219 Å². The van der Waals surface area contributed by atoms with Crippen LogP contribution in [-0.2, 0) is 0 Å². The van der Waals surface area contributed by atoms with Gasteiger partial charge in [0.05, 0.1) is 22.4 Å². The summed E-state index contributed by atoms with van der Waals surface area (Å²) in [5.74, 6) is 0. The number of benzene rings is 7. The average Bonchev–Trinajstić information content (AvgIpc) is 3.32. The zero-order valence-corrected chi connectivity index (χ0v) is 31.6. The molecule has 4 nitrogen and oxygen atoms in total. The number of hydrogen-bond donors (Lipinski definition) is 0. The highest BCUT2D eigenvalue weighted by atomic mass is 14.8. The molecule has 0 aliphatic carbocycles. The maximum absolute atomic E-state index is 5.49. The Kier molecular flexibility index (Phi) is 9.18. The number of rotatable bonds is 8. The third-order valence-electron chi connectivity index (χ3n) is 10.7. The summed E-state index contributed by atoms with van der Waals surface area (Å²) in [5, 5.41) is 0. The van der Waals surface area contributed by atoms with Crippen LogP contribution in [0.1, 0.15) is 0 Å². The SMILES string of the molecule is c1ccc(-c2cccc(-c3cc4nc(-c5ccc(-c6cccnc6)cc5)c(-c5ccc(-c6cccnc6)cc5)nc4cc3-c3cccc(-c4ccccc4)c3)c2)cc1. The van der Waals surface area contributed by atoms with Crippen LogP contribution in [0.4, 0.5) is 0 Å². The van der Waals surface area contributed by atoms with Crippen molar-refractivity contribution in [1.82, 2.24) is 19.9 Å². The molecule has 0 amide bonds. The second-order valence-corrected chi connectivity index (χ2v) is 14.3. The molecule has 0 unspecified atom stereocenters. The lowest BCUT2D eigenvalue weighted by Gasteiger charge is -2.17. The summed E-state index contributed by atoms with van der Waals surface area (Å²) in [6, 6.07) is 68.3. The van der Waals surface area contributed by atoms with Crippen molar-refractivity contribution in [3.8, 4) is 89.3 Å². The minimum atomic E-state index is 0.821. The Morgan fingerprint density at radius 3 is 0.983 bits per heavy atom. The first-order valence-electron chi connectivity index (χ1n) is 19.4. The Morgan fingerprint density at radius 1 is 0.241 bits per heavy atom. The number of pyridine rings is 2. The molecule has 58 heavy (non-hydrogen) atoms. The smallest absolute Gasteiger partial charge is 0.0973 e. The van der Waals surface area contributed by atoms with Crippen molar-refractivity contribution in [2.45, 2.75) is 0 Å². The molecule has 10 rings (SSSR count). The Labute approximate surface area is 337 Å². The van der Waals surface area contributed by atoms with Crippen molar-refractivity contribution in [3.05, 3.63) is 219 Å². The van der Waals surface area contributed by atoms with Crippen molar-refractivity contribution in [2.24, 2.45) is 0 Å². The highest BCUT2D eigenvalue weighted by Gasteiger charge is 2.18. The molecule has 10 aromatic rings. The Balaban J connectivity index is 1.18. The Hall–Kier alpha value is -7.82. The molecule has 0 N–H and O–H groups in total. The molecule has 0 bridgehead atoms. The molecular formula is C54H36N4. The minimum absolute atomic E-state index is 0.821. The quantitative estimate of drug-likeness (QED) is 0.156. The van der Waals surface area contributed by atoms with Crippen molar-refractivity contribution in [1.29, 1.82) is 0 Å². The Morgan fingerprint density at radius 2 is 0.586 bits per heavy atom. The summed E-state index contributed by atoms with van der Waals surface area (Å²) in [7, 11) is 0. The normalized spacial score (nSPS) is 11.1. The number of nitrogens with zero attached hydrogens (tertiary/aromatic N) is 4. The van der Waals surface area contributed by atoms with E-state index in [4.69, 9.17) is 9.97 Å². The fraction of sp³-hybridized carbons (Fsp3) is 0. The van der Waals surface area contributed by atoms with Gasteiger partial charge < -0.3 is 0 Å². The summed E-state index contributed by atoms with van der Waals surface area (Å²) < 4.78 is 0. The van der Waals surface area contributed by atoms with Crippen LogP contribution in [0.3, 0.4) is 0 Å². The van der Waals surface area contributed by atoms with Crippen molar-refractivity contribution in [2.75, 3.05) is 0 Å². The third-order valence-corrected chi connectivity index (χ3v) is 10.7. The van der Waals surface area contributed by atoms with E-state index in [0.29, 0.717) is 0 Å². The molecule has 4 heteroatoms. The minimum Gasteiger partial charge on any atom is -0.264 e. The number of aromatic nitrogens is 4. The van der Waals surface area contributed by atoms with Crippen LogP contribution in [0.2, 0.25) is 0 Å². The second-order valence-electron chi connectivity index (χ2n) is 14.3. The number of fused-ring (bicyclic) bond motifs is 1. The van der Waals surface area contributed by atoms with E-state index in [1.54, 1.807) is 12.4 Å². The van der Waals surface area contributed by atoms with Crippen LogP contribution < -0.4 is 0 Å². The molecule has 272 valence electrons. The topological polar surface area (TPSA) is 51.6 Å². The molecule has 3 aromatic heterocycles. The van der Waals surface area contributed by atoms with E-state index in [1.165, 1.54) is 11.1 Å². The molecule has 0 fully saturated rings. The highest BCUT2D eigenvalue weighted by Crippen LogP contribution is 2.40. The van der Waals surface area contributed by atoms with Gasteiger partial charge >= 0.3 is 0 Å². The molecule has 7 aromatic carbocycles.